The molecule has 0 aliphatic rings. The van der Waals surface area contributed by atoms with E-state index in [4.69, 9.17) is 10.00 Å². The zero-order chi connectivity index (χ0) is 14.2. The van der Waals surface area contributed by atoms with Gasteiger partial charge >= 0.3 is 5.97 Å². The SMILES string of the molecule is N#CC(CCc1ccccc1)OC(=O)c1ccccc1. The van der Waals surface area contributed by atoms with Crippen LogP contribution in [-0.2, 0) is 11.2 Å². The van der Waals surface area contributed by atoms with Crippen LogP contribution in [-0.4, -0.2) is 12.1 Å². The van der Waals surface area contributed by atoms with Gasteiger partial charge in [0.2, 0.25) is 0 Å². The Labute approximate surface area is 118 Å². The number of aryl methyl sites for hydroxylation is 1. The van der Waals surface area contributed by atoms with Crippen LogP contribution in [0.1, 0.15) is 22.3 Å². The molecule has 0 amide bonds. The Morgan fingerprint density at radius 1 is 1.05 bits per heavy atom. The number of nitriles is 1. The fourth-order valence-electron chi connectivity index (χ4n) is 1.86. The molecular weight excluding hydrogens is 250 g/mol. The summed E-state index contributed by atoms with van der Waals surface area (Å²) in [5.74, 6) is -0.454. The lowest BCUT2D eigenvalue weighted by atomic mass is 10.1. The van der Waals surface area contributed by atoms with Crippen LogP contribution in [0.25, 0.3) is 0 Å². The third kappa shape index (κ3) is 3.96. The minimum atomic E-state index is -0.720. The Morgan fingerprint density at radius 2 is 1.65 bits per heavy atom. The molecule has 0 saturated carbocycles. The Morgan fingerprint density at radius 3 is 2.25 bits per heavy atom. The Hall–Kier alpha value is -2.60. The van der Waals surface area contributed by atoms with Gasteiger partial charge in [-0.25, -0.2) is 4.79 Å². The molecule has 20 heavy (non-hydrogen) atoms. The van der Waals surface area contributed by atoms with Gasteiger partial charge in [0.15, 0.2) is 6.10 Å². The third-order valence-corrected chi connectivity index (χ3v) is 2.94. The van der Waals surface area contributed by atoms with Crippen molar-refractivity contribution in [3.63, 3.8) is 0 Å². The first-order chi connectivity index (χ1) is 9.79. The van der Waals surface area contributed by atoms with E-state index in [-0.39, 0.29) is 0 Å². The molecule has 0 fully saturated rings. The molecule has 0 heterocycles. The number of ether oxygens (including phenoxy) is 1. The number of carbonyl (C=O) groups excluding carboxylic acids is 1. The first-order valence-electron chi connectivity index (χ1n) is 6.49. The molecule has 0 radical (unpaired) electrons. The highest BCUT2D eigenvalue weighted by molar-refractivity contribution is 5.89. The number of rotatable bonds is 5. The van der Waals surface area contributed by atoms with E-state index in [1.807, 2.05) is 42.5 Å². The minimum Gasteiger partial charge on any atom is -0.443 e. The molecule has 0 saturated heterocycles. The lowest BCUT2D eigenvalue weighted by molar-refractivity contribution is 0.0394. The number of hydrogen-bond acceptors (Lipinski definition) is 3. The van der Waals surface area contributed by atoms with Gasteiger partial charge < -0.3 is 4.74 Å². The van der Waals surface area contributed by atoms with Crippen molar-refractivity contribution < 1.29 is 9.53 Å². The van der Waals surface area contributed by atoms with E-state index in [1.165, 1.54) is 0 Å². The quantitative estimate of drug-likeness (QED) is 0.779. The van der Waals surface area contributed by atoms with Crippen molar-refractivity contribution >= 4 is 5.97 Å². The molecule has 3 nitrogen and oxygen atoms in total. The summed E-state index contributed by atoms with van der Waals surface area (Å²) in [7, 11) is 0. The first-order valence-corrected chi connectivity index (χ1v) is 6.49. The standard InChI is InChI=1S/C17H15NO2/c18-13-16(12-11-14-7-3-1-4-8-14)20-17(19)15-9-5-2-6-10-15/h1-10,16H,11-12H2. The van der Waals surface area contributed by atoms with Gasteiger partial charge in [-0.2, -0.15) is 5.26 Å². The molecule has 1 atom stereocenters. The van der Waals surface area contributed by atoms with Gasteiger partial charge in [-0.3, -0.25) is 0 Å². The molecule has 3 heteroatoms. The lowest BCUT2D eigenvalue weighted by Gasteiger charge is -2.11. The maximum Gasteiger partial charge on any atom is 0.339 e. The van der Waals surface area contributed by atoms with Crippen molar-refractivity contribution in [2.24, 2.45) is 0 Å². The van der Waals surface area contributed by atoms with Gasteiger partial charge in [0.25, 0.3) is 0 Å². The number of carbonyl (C=O) groups is 1. The van der Waals surface area contributed by atoms with E-state index in [9.17, 15) is 4.79 Å². The summed E-state index contributed by atoms with van der Waals surface area (Å²) in [6, 6.07) is 20.6. The number of hydrogen-bond donors (Lipinski definition) is 0. The number of nitrogens with zero attached hydrogens (tertiary/aromatic N) is 1. The van der Waals surface area contributed by atoms with Crippen LogP contribution in [0, 0.1) is 11.3 Å². The van der Waals surface area contributed by atoms with Crippen LogP contribution >= 0.6 is 0 Å². The van der Waals surface area contributed by atoms with Crippen molar-refractivity contribution in [1.82, 2.24) is 0 Å². The van der Waals surface area contributed by atoms with Gasteiger partial charge in [0, 0.05) is 6.42 Å². The van der Waals surface area contributed by atoms with Gasteiger partial charge in [0.1, 0.15) is 6.07 Å². The molecule has 0 aromatic heterocycles. The van der Waals surface area contributed by atoms with Crippen LogP contribution in [0.15, 0.2) is 60.7 Å². The maximum atomic E-state index is 11.9. The summed E-state index contributed by atoms with van der Waals surface area (Å²) in [6.07, 6.45) is 0.489. The summed E-state index contributed by atoms with van der Waals surface area (Å²) in [6.45, 7) is 0. The molecular formula is C17H15NO2. The fourth-order valence-corrected chi connectivity index (χ4v) is 1.86. The zero-order valence-electron chi connectivity index (χ0n) is 11.0. The van der Waals surface area contributed by atoms with Gasteiger partial charge in [0.05, 0.1) is 5.56 Å². The van der Waals surface area contributed by atoms with Crippen LogP contribution in [0.2, 0.25) is 0 Å². The summed E-state index contributed by atoms with van der Waals surface area (Å²) in [4.78, 5) is 11.9. The third-order valence-electron chi connectivity index (χ3n) is 2.94. The second-order valence-corrected chi connectivity index (χ2v) is 4.41. The lowest BCUT2D eigenvalue weighted by Crippen LogP contribution is -2.17. The summed E-state index contributed by atoms with van der Waals surface area (Å²) >= 11 is 0. The molecule has 2 rings (SSSR count). The number of esters is 1. The van der Waals surface area contributed by atoms with Gasteiger partial charge in [-0.1, -0.05) is 48.5 Å². The molecule has 0 aliphatic carbocycles. The van der Waals surface area contributed by atoms with E-state index in [0.29, 0.717) is 18.4 Å². The minimum absolute atomic E-state index is 0.454. The summed E-state index contributed by atoms with van der Waals surface area (Å²) in [5.41, 5.74) is 1.59. The summed E-state index contributed by atoms with van der Waals surface area (Å²) < 4.78 is 5.21. The van der Waals surface area contributed by atoms with Crippen molar-refractivity contribution in [3.8, 4) is 6.07 Å². The second-order valence-electron chi connectivity index (χ2n) is 4.41. The van der Waals surface area contributed by atoms with Gasteiger partial charge in [-0.15, -0.1) is 0 Å². The highest BCUT2D eigenvalue weighted by Gasteiger charge is 2.15. The average molecular weight is 265 g/mol. The number of benzene rings is 2. The van der Waals surface area contributed by atoms with Crippen LogP contribution in [0.3, 0.4) is 0 Å². The maximum absolute atomic E-state index is 11.9. The van der Waals surface area contributed by atoms with Crippen molar-refractivity contribution in [1.29, 1.82) is 5.26 Å². The molecule has 2 aromatic carbocycles. The Kier molecular flexibility index (Phi) is 4.91. The molecule has 0 aliphatic heterocycles. The topological polar surface area (TPSA) is 50.1 Å². The largest absolute Gasteiger partial charge is 0.443 e. The van der Waals surface area contributed by atoms with Crippen LogP contribution in [0.5, 0.6) is 0 Å². The molecule has 2 aromatic rings. The highest BCUT2D eigenvalue weighted by Crippen LogP contribution is 2.10. The predicted molar refractivity (Wildman–Crippen MR) is 76.0 cm³/mol. The van der Waals surface area contributed by atoms with Crippen LogP contribution < -0.4 is 0 Å². The smallest absolute Gasteiger partial charge is 0.339 e. The van der Waals surface area contributed by atoms with Crippen LogP contribution in [0.4, 0.5) is 0 Å². The molecule has 0 bridgehead atoms. The van der Waals surface area contributed by atoms with Crippen molar-refractivity contribution in [2.75, 3.05) is 0 Å². The first kappa shape index (κ1) is 13.8. The predicted octanol–water partition coefficient (Wildman–Crippen LogP) is 3.37. The fraction of sp³-hybridized carbons (Fsp3) is 0.176. The van der Waals surface area contributed by atoms with E-state index in [2.05, 4.69) is 0 Å². The summed E-state index contributed by atoms with van der Waals surface area (Å²) in [5, 5.41) is 9.07. The second kappa shape index (κ2) is 7.10. The van der Waals surface area contributed by atoms with Crippen molar-refractivity contribution in [3.05, 3.63) is 71.8 Å². The van der Waals surface area contributed by atoms with E-state index in [0.717, 1.165) is 5.56 Å². The Balaban J connectivity index is 1.90. The molecule has 0 N–H and O–H groups in total. The van der Waals surface area contributed by atoms with Crippen molar-refractivity contribution in [2.45, 2.75) is 18.9 Å². The van der Waals surface area contributed by atoms with E-state index >= 15 is 0 Å². The van der Waals surface area contributed by atoms with E-state index < -0.39 is 12.1 Å². The normalized spacial score (nSPS) is 11.3. The van der Waals surface area contributed by atoms with Gasteiger partial charge in [-0.05, 0) is 24.1 Å². The van der Waals surface area contributed by atoms with E-state index in [1.54, 1.807) is 24.3 Å². The highest BCUT2D eigenvalue weighted by atomic mass is 16.5. The molecule has 0 spiro atoms. The molecule has 1 unspecified atom stereocenters. The molecule has 100 valence electrons. The Bertz CT molecular complexity index is 587. The average Bonchev–Trinajstić information content (AvgIpc) is 2.53. The zero-order valence-corrected chi connectivity index (χ0v) is 11.0. The monoisotopic (exact) mass is 265 g/mol.